The molecule has 90 valence electrons. The van der Waals surface area contributed by atoms with E-state index in [4.69, 9.17) is 9.84 Å². The highest BCUT2D eigenvalue weighted by Gasteiger charge is 2.00. The summed E-state index contributed by atoms with van der Waals surface area (Å²) in [4.78, 5) is 10.3. The van der Waals surface area contributed by atoms with Crippen LogP contribution in [0.25, 0.3) is 0 Å². The Morgan fingerprint density at radius 2 is 2.19 bits per heavy atom. The lowest BCUT2D eigenvalue weighted by Gasteiger charge is -2.07. The molecule has 0 aliphatic carbocycles. The van der Waals surface area contributed by atoms with Gasteiger partial charge in [0.1, 0.15) is 5.75 Å². The number of ether oxygens (including phenoxy) is 1. The molecule has 0 saturated carbocycles. The molecule has 0 fully saturated rings. The van der Waals surface area contributed by atoms with E-state index in [1.807, 2.05) is 25.1 Å². The fourth-order valence-corrected chi connectivity index (χ4v) is 1.36. The first kappa shape index (κ1) is 14.7. The maximum absolute atomic E-state index is 10.3. The Morgan fingerprint density at radius 1 is 1.50 bits per heavy atom. The summed E-state index contributed by atoms with van der Waals surface area (Å²) in [5.74, 6) is -0.00258. The van der Waals surface area contributed by atoms with Crippen molar-refractivity contribution in [2.75, 3.05) is 13.7 Å². The molecule has 1 aromatic carbocycles. The van der Waals surface area contributed by atoms with Crippen LogP contribution in [0.5, 0.6) is 5.75 Å². The zero-order valence-corrected chi connectivity index (χ0v) is 10.1. The Hall–Kier alpha value is -1.26. The maximum Gasteiger partial charge on any atom is 0.317 e. The normalized spacial score (nSPS) is 9.38. The predicted molar refractivity (Wildman–Crippen MR) is 64.3 cm³/mol. The predicted octanol–water partition coefficient (Wildman–Crippen LogP) is 1.60. The SMILES string of the molecule is COc1ccc(CNCC(=O)O)cc1C.Cl. The Bertz CT molecular complexity index is 355. The summed E-state index contributed by atoms with van der Waals surface area (Å²) in [6.45, 7) is 2.49. The van der Waals surface area contributed by atoms with Crippen molar-refractivity contribution in [3.8, 4) is 5.75 Å². The van der Waals surface area contributed by atoms with E-state index < -0.39 is 5.97 Å². The third kappa shape index (κ3) is 4.51. The van der Waals surface area contributed by atoms with Crippen LogP contribution >= 0.6 is 12.4 Å². The van der Waals surface area contributed by atoms with Crippen molar-refractivity contribution in [1.29, 1.82) is 0 Å². The molecule has 0 aromatic heterocycles. The number of rotatable bonds is 5. The standard InChI is InChI=1S/C11H15NO3.ClH/c1-8-5-9(3-4-10(8)15-2)6-12-7-11(13)14;/h3-5,12H,6-7H2,1-2H3,(H,13,14);1H. The zero-order chi connectivity index (χ0) is 11.3. The van der Waals surface area contributed by atoms with E-state index in [0.29, 0.717) is 6.54 Å². The van der Waals surface area contributed by atoms with Crippen LogP contribution < -0.4 is 10.1 Å². The third-order valence-corrected chi connectivity index (χ3v) is 2.06. The van der Waals surface area contributed by atoms with E-state index in [2.05, 4.69) is 5.32 Å². The van der Waals surface area contributed by atoms with Gasteiger partial charge in [-0.15, -0.1) is 12.4 Å². The average Bonchev–Trinajstić information content (AvgIpc) is 2.17. The molecule has 0 bridgehead atoms. The number of benzene rings is 1. The second kappa shape index (κ2) is 7.09. The van der Waals surface area contributed by atoms with Crippen molar-refractivity contribution >= 4 is 18.4 Å². The minimum absolute atomic E-state index is 0. The topological polar surface area (TPSA) is 58.6 Å². The Labute approximate surface area is 101 Å². The average molecular weight is 246 g/mol. The molecule has 1 aromatic rings. The van der Waals surface area contributed by atoms with E-state index >= 15 is 0 Å². The number of nitrogens with one attached hydrogen (secondary N) is 1. The van der Waals surface area contributed by atoms with Crippen LogP contribution in [0.1, 0.15) is 11.1 Å². The number of carbonyl (C=O) groups is 1. The molecule has 0 saturated heterocycles. The highest BCUT2D eigenvalue weighted by atomic mass is 35.5. The van der Waals surface area contributed by atoms with Gasteiger partial charge in [-0.2, -0.15) is 0 Å². The number of methoxy groups -OCH3 is 1. The van der Waals surface area contributed by atoms with Crippen molar-refractivity contribution in [1.82, 2.24) is 5.32 Å². The van der Waals surface area contributed by atoms with E-state index in [-0.39, 0.29) is 19.0 Å². The smallest absolute Gasteiger partial charge is 0.317 e. The molecule has 0 spiro atoms. The molecule has 2 N–H and O–H groups in total. The van der Waals surface area contributed by atoms with Gasteiger partial charge in [-0.05, 0) is 24.1 Å². The van der Waals surface area contributed by atoms with Gasteiger partial charge < -0.3 is 15.2 Å². The van der Waals surface area contributed by atoms with E-state index in [1.54, 1.807) is 7.11 Å². The minimum atomic E-state index is -0.847. The maximum atomic E-state index is 10.3. The van der Waals surface area contributed by atoms with Gasteiger partial charge in [0.2, 0.25) is 0 Å². The van der Waals surface area contributed by atoms with Gasteiger partial charge in [-0.1, -0.05) is 12.1 Å². The summed E-state index contributed by atoms with van der Waals surface area (Å²) < 4.78 is 5.13. The first-order valence-electron chi connectivity index (χ1n) is 4.69. The Morgan fingerprint density at radius 3 is 2.69 bits per heavy atom. The van der Waals surface area contributed by atoms with Crippen molar-refractivity contribution < 1.29 is 14.6 Å². The van der Waals surface area contributed by atoms with Crippen LogP contribution in [-0.4, -0.2) is 24.7 Å². The molecule has 5 heteroatoms. The van der Waals surface area contributed by atoms with Crippen molar-refractivity contribution in [3.05, 3.63) is 29.3 Å². The zero-order valence-electron chi connectivity index (χ0n) is 9.32. The molecular weight excluding hydrogens is 230 g/mol. The fraction of sp³-hybridized carbons (Fsp3) is 0.364. The van der Waals surface area contributed by atoms with Crippen LogP contribution in [0.15, 0.2) is 18.2 Å². The molecule has 0 amide bonds. The summed E-state index contributed by atoms with van der Waals surface area (Å²) in [5, 5.41) is 11.3. The van der Waals surface area contributed by atoms with Crippen molar-refractivity contribution in [2.45, 2.75) is 13.5 Å². The highest BCUT2D eigenvalue weighted by Crippen LogP contribution is 2.18. The van der Waals surface area contributed by atoms with Crippen LogP contribution in [0, 0.1) is 6.92 Å². The van der Waals surface area contributed by atoms with Gasteiger partial charge in [0, 0.05) is 6.54 Å². The summed E-state index contributed by atoms with van der Waals surface area (Å²) in [6, 6.07) is 5.78. The highest BCUT2D eigenvalue weighted by molar-refractivity contribution is 5.85. The largest absolute Gasteiger partial charge is 0.496 e. The second-order valence-electron chi connectivity index (χ2n) is 3.30. The lowest BCUT2D eigenvalue weighted by molar-refractivity contribution is -0.135. The van der Waals surface area contributed by atoms with Gasteiger partial charge in [0.15, 0.2) is 0 Å². The summed E-state index contributed by atoms with van der Waals surface area (Å²) >= 11 is 0. The molecule has 16 heavy (non-hydrogen) atoms. The lowest BCUT2D eigenvalue weighted by atomic mass is 10.1. The van der Waals surface area contributed by atoms with Gasteiger partial charge in [0.05, 0.1) is 13.7 Å². The van der Waals surface area contributed by atoms with E-state index in [9.17, 15) is 4.79 Å². The number of carboxylic acids is 1. The first-order chi connectivity index (χ1) is 7.13. The number of aryl methyl sites for hydroxylation is 1. The number of carboxylic acid groups (broad SMARTS) is 1. The van der Waals surface area contributed by atoms with Crippen LogP contribution in [0.4, 0.5) is 0 Å². The van der Waals surface area contributed by atoms with Gasteiger partial charge in [-0.3, -0.25) is 4.79 Å². The van der Waals surface area contributed by atoms with Crippen LogP contribution in [-0.2, 0) is 11.3 Å². The molecule has 4 nitrogen and oxygen atoms in total. The molecule has 0 radical (unpaired) electrons. The second-order valence-corrected chi connectivity index (χ2v) is 3.30. The number of halogens is 1. The monoisotopic (exact) mass is 245 g/mol. The van der Waals surface area contributed by atoms with Crippen LogP contribution in [0.3, 0.4) is 0 Å². The lowest BCUT2D eigenvalue weighted by Crippen LogP contribution is -2.21. The molecule has 0 heterocycles. The van der Waals surface area contributed by atoms with Crippen molar-refractivity contribution in [3.63, 3.8) is 0 Å². The molecule has 0 unspecified atom stereocenters. The molecule has 0 atom stereocenters. The molecular formula is C11H16ClNO3. The molecule has 1 rings (SSSR count). The van der Waals surface area contributed by atoms with Crippen molar-refractivity contribution in [2.24, 2.45) is 0 Å². The van der Waals surface area contributed by atoms with E-state index in [0.717, 1.165) is 16.9 Å². The summed E-state index contributed by atoms with van der Waals surface area (Å²) in [5.41, 5.74) is 2.10. The van der Waals surface area contributed by atoms with E-state index in [1.165, 1.54) is 0 Å². The molecule has 0 aliphatic rings. The fourth-order valence-electron chi connectivity index (χ4n) is 1.36. The van der Waals surface area contributed by atoms with Gasteiger partial charge >= 0.3 is 5.97 Å². The Kier molecular flexibility index (Phi) is 6.53. The third-order valence-electron chi connectivity index (χ3n) is 2.06. The van der Waals surface area contributed by atoms with Gasteiger partial charge in [-0.25, -0.2) is 0 Å². The number of hydrogen-bond acceptors (Lipinski definition) is 3. The summed E-state index contributed by atoms with van der Waals surface area (Å²) in [6.07, 6.45) is 0. The Balaban J connectivity index is 0.00000225. The van der Waals surface area contributed by atoms with Crippen LogP contribution in [0.2, 0.25) is 0 Å². The number of hydrogen-bond donors (Lipinski definition) is 2. The van der Waals surface area contributed by atoms with Gasteiger partial charge in [0.25, 0.3) is 0 Å². The summed E-state index contributed by atoms with van der Waals surface area (Å²) in [7, 11) is 1.63. The first-order valence-corrected chi connectivity index (χ1v) is 4.69. The minimum Gasteiger partial charge on any atom is -0.496 e. The number of aliphatic carboxylic acids is 1. The quantitative estimate of drug-likeness (QED) is 0.827. The molecule has 0 aliphatic heterocycles.